The highest BCUT2D eigenvalue weighted by molar-refractivity contribution is 7.17. The van der Waals surface area contributed by atoms with Gasteiger partial charge < -0.3 is 15.2 Å². The number of rotatable bonds is 2. The number of hydrogen-bond acceptors (Lipinski definition) is 4. The summed E-state index contributed by atoms with van der Waals surface area (Å²) in [6, 6.07) is 8.23. The van der Waals surface area contributed by atoms with E-state index in [0.717, 1.165) is 0 Å². The summed E-state index contributed by atoms with van der Waals surface area (Å²) >= 11 is 1.73. The Morgan fingerprint density at radius 1 is 1.29 bits per heavy atom. The van der Waals surface area contributed by atoms with Crippen LogP contribution in [0.4, 0.5) is 0 Å². The second kappa shape index (κ2) is 4.74. The minimum atomic E-state index is -0.105. The SMILES string of the molecule is NC(c1csc2ccccc12)C1COCCO1. The van der Waals surface area contributed by atoms with Gasteiger partial charge in [0.2, 0.25) is 0 Å². The van der Waals surface area contributed by atoms with E-state index in [2.05, 4.69) is 17.5 Å². The summed E-state index contributed by atoms with van der Waals surface area (Å²) in [5.74, 6) is 0. The van der Waals surface area contributed by atoms with Gasteiger partial charge in [-0.15, -0.1) is 11.3 Å². The average molecular weight is 249 g/mol. The Balaban J connectivity index is 1.92. The van der Waals surface area contributed by atoms with E-state index in [1.807, 2.05) is 12.1 Å². The Morgan fingerprint density at radius 2 is 2.18 bits per heavy atom. The topological polar surface area (TPSA) is 44.5 Å². The maximum atomic E-state index is 6.28. The first-order valence-corrected chi connectivity index (χ1v) is 6.65. The van der Waals surface area contributed by atoms with Gasteiger partial charge in [0.1, 0.15) is 6.10 Å². The number of benzene rings is 1. The molecule has 1 aliphatic heterocycles. The maximum Gasteiger partial charge on any atom is 0.100 e. The zero-order valence-electron chi connectivity index (χ0n) is 9.46. The summed E-state index contributed by atoms with van der Waals surface area (Å²) in [6.45, 7) is 1.90. The van der Waals surface area contributed by atoms with Crippen molar-refractivity contribution >= 4 is 21.4 Å². The molecule has 0 amide bonds. The van der Waals surface area contributed by atoms with Crippen LogP contribution in [0.1, 0.15) is 11.6 Å². The molecule has 0 bridgehead atoms. The molecule has 0 spiro atoms. The van der Waals surface area contributed by atoms with Gasteiger partial charge >= 0.3 is 0 Å². The Labute approximate surface area is 104 Å². The van der Waals surface area contributed by atoms with Gasteiger partial charge in [-0.3, -0.25) is 0 Å². The maximum absolute atomic E-state index is 6.28. The van der Waals surface area contributed by atoms with E-state index < -0.39 is 0 Å². The molecule has 1 aromatic heterocycles. The largest absolute Gasteiger partial charge is 0.376 e. The summed E-state index contributed by atoms with van der Waals surface area (Å²) in [4.78, 5) is 0. The van der Waals surface area contributed by atoms with Crippen LogP contribution in [0.3, 0.4) is 0 Å². The third-order valence-electron chi connectivity index (χ3n) is 3.11. The second-order valence-corrected chi connectivity index (χ2v) is 5.11. The van der Waals surface area contributed by atoms with Crippen molar-refractivity contribution in [2.45, 2.75) is 12.1 Å². The molecular weight excluding hydrogens is 234 g/mol. The minimum absolute atomic E-state index is 0.0262. The zero-order chi connectivity index (χ0) is 11.7. The minimum Gasteiger partial charge on any atom is -0.376 e. The van der Waals surface area contributed by atoms with Gasteiger partial charge in [-0.25, -0.2) is 0 Å². The van der Waals surface area contributed by atoms with E-state index in [4.69, 9.17) is 15.2 Å². The molecule has 4 heteroatoms. The van der Waals surface area contributed by atoms with Crippen LogP contribution in [0.5, 0.6) is 0 Å². The van der Waals surface area contributed by atoms with E-state index in [9.17, 15) is 0 Å². The van der Waals surface area contributed by atoms with Crippen molar-refractivity contribution in [1.29, 1.82) is 0 Å². The molecule has 0 radical (unpaired) electrons. The van der Waals surface area contributed by atoms with Crippen molar-refractivity contribution in [3.63, 3.8) is 0 Å². The number of nitrogens with two attached hydrogens (primary N) is 1. The van der Waals surface area contributed by atoms with Crippen LogP contribution in [-0.2, 0) is 9.47 Å². The Morgan fingerprint density at radius 3 is 3.00 bits per heavy atom. The molecule has 17 heavy (non-hydrogen) atoms. The van der Waals surface area contributed by atoms with Crippen LogP contribution in [0.25, 0.3) is 10.1 Å². The smallest absolute Gasteiger partial charge is 0.100 e. The van der Waals surface area contributed by atoms with Crippen molar-refractivity contribution in [1.82, 2.24) is 0 Å². The first-order chi connectivity index (χ1) is 8.36. The standard InChI is InChI=1S/C13H15NO2S/c14-13(11-7-15-5-6-16-11)10-8-17-12-4-2-1-3-9(10)12/h1-4,8,11,13H,5-7,14H2. The highest BCUT2D eigenvalue weighted by Gasteiger charge is 2.25. The van der Waals surface area contributed by atoms with Crippen molar-refractivity contribution < 1.29 is 9.47 Å². The van der Waals surface area contributed by atoms with E-state index in [0.29, 0.717) is 19.8 Å². The van der Waals surface area contributed by atoms with Crippen LogP contribution in [0, 0.1) is 0 Å². The highest BCUT2D eigenvalue weighted by Crippen LogP contribution is 2.31. The van der Waals surface area contributed by atoms with Gasteiger partial charge in [0.25, 0.3) is 0 Å². The molecule has 3 nitrogen and oxygen atoms in total. The van der Waals surface area contributed by atoms with Crippen LogP contribution < -0.4 is 5.73 Å². The van der Waals surface area contributed by atoms with Gasteiger partial charge in [0.15, 0.2) is 0 Å². The summed E-state index contributed by atoms with van der Waals surface area (Å²) in [5.41, 5.74) is 7.45. The predicted octanol–water partition coefficient (Wildman–Crippen LogP) is 2.32. The van der Waals surface area contributed by atoms with E-state index >= 15 is 0 Å². The molecule has 90 valence electrons. The van der Waals surface area contributed by atoms with Crippen LogP contribution in [0.2, 0.25) is 0 Å². The molecule has 2 aromatic rings. The van der Waals surface area contributed by atoms with Crippen molar-refractivity contribution in [2.75, 3.05) is 19.8 Å². The molecule has 1 aliphatic rings. The lowest BCUT2D eigenvalue weighted by molar-refractivity contribution is -0.0973. The van der Waals surface area contributed by atoms with E-state index in [1.54, 1.807) is 11.3 Å². The first-order valence-electron chi connectivity index (χ1n) is 5.77. The van der Waals surface area contributed by atoms with Gasteiger partial charge in [-0.1, -0.05) is 18.2 Å². The van der Waals surface area contributed by atoms with E-state index in [-0.39, 0.29) is 12.1 Å². The van der Waals surface area contributed by atoms with Gasteiger partial charge in [-0.05, 0) is 22.4 Å². The summed E-state index contributed by atoms with van der Waals surface area (Å²) < 4.78 is 12.4. The van der Waals surface area contributed by atoms with Crippen LogP contribution >= 0.6 is 11.3 Å². The molecule has 2 unspecified atom stereocenters. The molecule has 0 aliphatic carbocycles. The molecule has 2 atom stereocenters. The lowest BCUT2D eigenvalue weighted by Gasteiger charge is -2.27. The third kappa shape index (κ3) is 2.09. The second-order valence-electron chi connectivity index (χ2n) is 4.20. The quantitative estimate of drug-likeness (QED) is 0.888. The van der Waals surface area contributed by atoms with Crippen LogP contribution in [0.15, 0.2) is 29.6 Å². The zero-order valence-corrected chi connectivity index (χ0v) is 10.3. The van der Waals surface area contributed by atoms with Crippen molar-refractivity contribution in [3.05, 3.63) is 35.2 Å². The van der Waals surface area contributed by atoms with Crippen molar-refractivity contribution in [2.24, 2.45) is 5.73 Å². The lowest BCUT2D eigenvalue weighted by Crippen LogP contribution is -2.37. The fourth-order valence-corrected chi connectivity index (χ4v) is 3.18. The lowest BCUT2D eigenvalue weighted by atomic mass is 10.0. The molecular formula is C13H15NO2S. The van der Waals surface area contributed by atoms with Gasteiger partial charge in [0, 0.05) is 4.70 Å². The van der Waals surface area contributed by atoms with E-state index in [1.165, 1.54) is 15.6 Å². The number of thiophene rings is 1. The average Bonchev–Trinajstić information content (AvgIpc) is 2.83. The first kappa shape index (κ1) is 11.2. The number of fused-ring (bicyclic) bond motifs is 1. The fraction of sp³-hybridized carbons (Fsp3) is 0.385. The number of hydrogen-bond donors (Lipinski definition) is 1. The summed E-state index contributed by atoms with van der Waals surface area (Å²) in [7, 11) is 0. The van der Waals surface area contributed by atoms with Crippen LogP contribution in [-0.4, -0.2) is 25.9 Å². The molecule has 2 heterocycles. The highest BCUT2D eigenvalue weighted by atomic mass is 32.1. The summed E-state index contributed by atoms with van der Waals surface area (Å²) in [6.07, 6.45) is -0.0262. The van der Waals surface area contributed by atoms with Gasteiger partial charge in [-0.2, -0.15) is 0 Å². The number of ether oxygens (including phenoxy) is 2. The Hall–Kier alpha value is -0.940. The predicted molar refractivity (Wildman–Crippen MR) is 69.3 cm³/mol. The molecule has 0 saturated carbocycles. The normalized spacial score (nSPS) is 22.8. The molecule has 3 rings (SSSR count). The molecule has 1 aromatic carbocycles. The monoisotopic (exact) mass is 249 g/mol. The third-order valence-corrected chi connectivity index (χ3v) is 4.09. The Kier molecular flexibility index (Phi) is 3.11. The summed E-state index contributed by atoms with van der Waals surface area (Å²) in [5, 5.41) is 3.37. The Bertz CT molecular complexity index is 505. The molecule has 2 N–H and O–H groups in total. The van der Waals surface area contributed by atoms with Crippen molar-refractivity contribution in [3.8, 4) is 0 Å². The fourth-order valence-electron chi connectivity index (χ4n) is 2.17. The van der Waals surface area contributed by atoms with Gasteiger partial charge in [0.05, 0.1) is 25.9 Å². The molecule has 1 saturated heterocycles. The molecule has 1 fully saturated rings.